The summed E-state index contributed by atoms with van der Waals surface area (Å²) >= 11 is 0. The van der Waals surface area contributed by atoms with Crippen molar-refractivity contribution in [1.29, 1.82) is 0 Å². The van der Waals surface area contributed by atoms with Gasteiger partial charge < -0.3 is 15.2 Å². The molecule has 0 spiro atoms. The lowest BCUT2D eigenvalue weighted by molar-refractivity contribution is 0.165. The van der Waals surface area contributed by atoms with Gasteiger partial charge in [0.2, 0.25) is 0 Å². The highest BCUT2D eigenvalue weighted by molar-refractivity contribution is 5.75. The summed E-state index contributed by atoms with van der Waals surface area (Å²) in [6.07, 6.45) is 7.44. The van der Waals surface area contributed by atoms with Crippen LogP contribution >= 0.6 is 0 Å². The molecule has 4 rings (SSSR count). The molecule has 0 radical (unpaired) electrons. The molecule has 0 unspecified atom stereocenters. The predicted molar refractivity (Wildman–Crippen MR) is 94.5 cm³/mol. The van der Waals surface area contributed by atoms with E-state index in [1.54, 1.807) is 0 Å². The molecule has 4 nitrogen and oxygen atoms in total. The van der Waals surface area contributed by atoms with Crippen LogP contribution < -0.4 is 5.73 Å². The predicted octanol–water partition coefficient (Wildman–Crippen LogP) is 3.02. The first-order chi connectivity index (χ1) is 11.1. The number of hydrogen-bond acceptors (Lipinski definition) is 3. The SMILES string of the molecule is Cn1c(C2CCN(CC3(N)CCCC3)CC2)nc2ccccc21. The van der Waals surface area contributed by atoms with Crippen LogP contribution in [-0.2, 0) is 7.05 Å². The van der Waals surface area contributed by atoms with E-state index < -0.39 is 0 Å². The van der Waals surface area contributed by atoms with Crippen LogP contribution in [0.2, 0.25) is 0 Å². The number of imidazole rings is 1. The zero-order valence-corrected chi connectivity index (χ0v) is 14.2. The van der Waals surface area contributed by atoms with Crippen molar-refractivity contribution < 1.29 is 0 Å². The lowest BCUT2D eigenvalue weighted by atomic mass is 9.92. The minimum Gasteiger partial charge on any atom is -0.331 e. The van der Waals surface area contributed by atoms with E-state index >= 15 is 0 Å². The summed E-state index contributed by atoms with van der Waals surface area (Å²) < 4.78 is 2.29. The molecule has 1 aliphatic heterocycles. The maximum Gasteiger partial charge on any atom is 0.112 e. The van der Waals surface area contributed by atoms with E-state index in [0.717, 1.165) is 25.2 Å². The standard InChI is InChI=1S/C19H28N4/c1-22-17-7-3-2-6-16(17)21-18(22)15-8-12-23(13-9-15)14-19(20)10-4-5-11-19/h2-3,6-7,15H,4-5,8-14,20H2,1H3. The van der Waals surface area contributed by atoms with Gasteiger partial charge >= 0.3 is 0 Å². The smallest absolute Gasteiger partial charge is 0.112 e. The maximum absolute atomic E-state index is 6.55. The minimum atomic E-state index is 0.0880. The third-order valence-electron chi connectivity index (χ3n) is 5.91. The normalized spacial score (nSPS) is 22.9. The summed E-state index contributed by atoms with van der Waals surface area (Å²) in [6, 6.07) is 8.45. The van der Waals surface area contributed by atoms with Crippen molar-refractivity contribution in [2.24, 2.45) is 12.8 Å². The van der Waals surface area contributed by atoms with Gasteiger partial charge in [-0.3, -0.25) is 0 Å². The first-order valence-electron chi connectivity index (χ1n) is 9.07. The van der Waals surface area contributed by atoms with Crippen LogP contribution in [0.15, 0.2) is 24.3 Å². The number of benzene rings is 1. The second-order valence-electron chi connectivity index (χ2n) is 7.64. The zero-order chi connectivity index (χ0) is 15.9. The van der Waals surface area contributed by atoms with E-state index in [4.69, 9.17) is 10.7 Å². The highest BCUT2D eigenvalue weighted by atomic mass is 15.2. The van der Waals surface area contributed by atoms with E-state index in [1.807, 2.05) is 0 Å². The van der Waals surface area contributed by atoms with Crippen molar-refractivity contribution in [2.75, 3.05) is 19.6 Å². The fraction of sp³-hybridized carbons (Fsp3) is 0.632. The maximum atomic E-state index is 6.55. The Morgan fingerprint density at radius 1 is 1.17 bits per heavy atom. The van der Waals surface area contributed by atoms with Crippen LogP contribution in [0, 0.1) is 0 Å². The molecule has 124 valence electrons. The summed E-state index contributed by atoms with van der Waals surface area (Å²) in [4.78, 5) is 7.49. The number of para-hydroxylation sites is 2. The van der Waals surface area contributed by atoms with E-state index in [-0.39, 0.29) is 5.54 Å². The van der Waals surface area contributed by atoms with Crippen molar-refractivity contribution >= 4 is 11.0 Å². The molecule has 0 bridgehead atoms. The molecule has 1 aromatic heterocycles. The minimum absolute atomic E-state index is 0.0880. The average molecular weight is 312 g/mol. The number of hydrogen-bond donors (Lipinski definition) is 1. The molecule has 1 saturated heterocycles. The molecule has 0 amide bonds. The van der Waals surface area contributed by atoms with E-state index in [0.29, 0.717) is 5.92 Å². The number of aryl methyl sites for hydroxylation is 1. The third-order valence-corrected chi connectivity index (χ3v) is 5.91. The van der Waals surface area contributed by atoms with Gasteiger partial charge in [0, 0.05) is 25.0 Å². The highest BCUT2D eigenvalue weighted by Gasteiger charge is 2.33. The van der Waals surface area contributed by atoms with Crippen molar-refractivity contribution in [2.45, 2.75) is 50.0 Å². The molecule has 0 atom stereocenters. The van der Waals surface area contributed by atoms with Gasteiger partial charge in [0.1, 0.15) is 5.82 Å². The van der Waals surface area contributed by atoms with Crippen LogP contribution in [0.1, 0.15) is 50.3 Å². The summed E-state index contributed by atoms with van der Waals surface area (Å²) in [5.74, 6) is 1.84. The molecule has 2 aliphatic rings. The molecule has 1 aromatic carbocycles. The van der Waals surface area contributed by atoms with E-state index in [1.165, 1.54) is 49.9 Å². The van der Waals surface area contributed by atoms with Crippen LogP contribution in [0.25, 0.3) is 11.0 Å². The van der Waals surface area contributed by atoms with Crippen LogP contribution in [-0.4, -0.2) is 39.6 Å². The first kappa shape index (κ1) is 15.2. The molecule has 4 heteroatoms. The third kappa shape index (κ3) is 2.90. The largest absolute Gasteiger partial charge is 0.331 e. The monoisotopic (exact) mass is 312 g/mol. The van der Waals surface area contributed by atoms with Crippen LogP contribution in [0.5, 0.6) is 0 Å². The number of rotatable bonds is 3. The molecule has 2 N–H and O–H groups in total. The fourth-order valence-corrected chi connectivity index (χ4v) is 4.56. The van der Waals surface area contributed by atoms with Crippen molar-refractivity contribution in [1.82, 2.24) is 14.5 Å². The molecule has 1 saturated carbocycles. The Morgan fingerprint density at radius 2 is 1.87 bits per heavy atom. The molecule has 23 heavy (non-hydrogen) atoms. The summed E-state index contributed by atoms with van der Waals surface area (Å²) in [5, 5.41) is 0. The van der Waals surface area contributed by atoms with Crippen molar-refractivity contribution in [3.8, 4) is 0 Å². The molecule has 2 aromatic rings. The molecular weight excluding hydrogens is 284 g/mol. The summed E-state index contributed by atoms with van der Waals surface area (Å²) in [6.45, 7) is 3.40. The Balaban J connectivity index is 1.43. The fourth-order valence-electron chi connectivity index (χ4n) is 4.56. The Morgan fingerprint density at radius 3 is 2.57 bits per heavy atom. The zero-order valence-electron chi connectivity index (χ0n) is 14.2. The van der Waals surface area contributed by atoms with Crippen LogP contribution in [0.4, 0.5) is 0 Å². The van der Waals surface area contributed by atoms with Gasteiger partial charge in [-0.2, -0.15) is 0 Å². The first-order valence-corrected chi connectivity index (χ1v) is 9.07. The van der Waals surface area contributed by atoms with Gasteiger partial charge in [0.05, 0.1) is 11.0 Å². The van der Waals surface area contributed by atoms with Gasteiger partial charge in [-0.05, 0) is 50.9 Å². The Hall–Kier alpha value is -1.39. The topological polar surface area (TPSA) is 47.1 Å². The van der Waals surface area contributed by atoms with Crippen LogP contribution in [0.3, 0.4) is 0 Å². The van der Waals surface area contributed by atoms with E-state index in [9.17, 15) is 0 Å². The highest BCUT2D eigenvalue weighted by Crippen LogP contribution is 2.32. The average Bonchev–Trinajstić information content (AvgIpc) is 3.13. The van der Waals surface area contributed by atoms with Gasteiger partial charge in [-0.25, -0.2) is 4.98 Å². The van der Waals surface area contributed by atoms with Gasteiger partial charge in [-0.1, -0.05) is 25.0 Å². The number of nitrogens with two attached hydrogens (primary N) is 1. The Labute approximate surface area is 138 Å². The Bertz CT molecular complexity index is 676. The number of likely N-dealkylation sites (tertiary alicyclic amines) is 1. The quantitative estimate of drug-likeness (QED) is 0.947. The number of piperidine rings is 1. The Kier molecular flexibility index (Phi) is 3.90. The van der Waals surface area contributed by atoms with Gasteiger partial charge in [0.15, 0.2) is 0 Å². The second kappa shape index (κ2) is 5.91. The number of fused-ring (bicyclic) bond motifs is 1. The van der Waals surface area contributed by atoms with E-state index in [2.05, 4.69) is 40.8 Å². The lowest BCUT2D eigenvalue weighted by Gasteiger charge is -2.37. The van der Waals surface area contributed by atoms with Crippen molar-refractivity contribution in [3.05, 3.63) is 30.1 Å². The number of aromatic nitrogens is 2. The molecular formula is C19H28N4. The summed E-state index contributed by atoms with van der Waals surface area (Å²) in [7, 11) is 2.16. The van der Waals surface area contributed by atoms with Crippen molar-refractivity contribution in [3.63, 3.8) is 0 Å². The molecule has 2 fully saturated rings. The summed E-state index contributed by atoms with van der Waals surface area (Å²) in [5.41, 5.74) is 9.01. The molecule has 1 aliphatic carbocycles. The molecule has 2 heterocycles. The lowest BCUT2D eigenvalue weighted by Crippen LogP contribution is -2.50. The van der Waals surface area contributed by atoms with Gasteiger partial charge in [-0.15, -0.1) is 0 Å². The van der Waals surface area contributed by atoms with Gasteiger partial charge in [0.25, 0.3) is 0 Å². The number of nitrogens with zero attached hydrogens (tertiary/aromatic N) is 3. The second-order valence-corrected chi connectivity index (χ2v) is 7.64.